The van der Waals surface area contributed by atoms with Gasteiger partial charge in [-0.25, -0.2) is 4.39 Å². The zero-order valence-corrected chi connectivity index (χ0v) is 10.1. The van der Waals surface area contributed by atoms with Gasteiger partial charge >= 0.3 is 0 Å². The number of hydrogen-bond donors (Lipinski definition) is 1. The van der Waals surface area contributed by atoms with Crippen molar-refractivity contribution in [2.24, 2.45) is 0 Å². The number of benzene rings is 2. The average molecular weight is 229 g/mol. The molecule has 2 heteroatoms. The van der Waals surface area contributed by atoms with E-state index in [9.17, 15) is 4.39 Å². The van der Waals surface area contributed by atoms with Crippen molar-refractivity contribution in [1.29, 1.82) is 0 Å². The Morgan fingerprint density at radius 1 is 1.00 bits per heavy atom. The van der Waals surface area contributed by atoms with E-state index >= 15 is 0 Å². The standard InChI is InChI=1S/C15H16FN/c1-10(2)11-4-3-5-12(8-11)13-6-7-15(17)14(16)9-13/h3-10H,17H2,1-2H3. The number of rotatable bonds is 2. The highest BCUT2D eigenvalue weighted by Crippen LogP contribution is 2.26. The minimum atomic E-state index is -0.363. The molecule has 2 aromatic rings. The third-order valence-electron chi connectivity index (χ3n) is 2.89. The molecule has 0 saturated carbocycles. The molecule has 0 fully saturated rings. The van der Waals surface area contributed by atoms with Gasteiger partial charge in [0.05, 0.1) is 5.69 Å². The quantitative estimate of drug-likeness (QED) is 0.767. The second-order valence-electron chi connectivity index (χ2n) is 4.52. The lowest BCUT2D eigenvalue weighted by Crippen LogP contribution is -1.91. The van der Waals surface area contributed by atoms with Crippen molar-refractivity contribution < 1.29 is 4.39 Å². The fourth-order valence-corrected chi connectivity index (χ4v) is 1.78. The third kappa shape index (κ3) is 2.47. The Kier molecular flexibility index (Phi) is 3.14. The maximum atomic E-state index is 13.4. The molecule has 0 aliphatic carbocycles. The summed E-state index contributed by atoms with van der Waals surface area (Å²) in [5.74, 6) is 0.103. The van der Waals surface area contributed by atoms with Crippen molar-refractivity contribution in [3.8, 4) is 11.1 Å². The minimum Gasteiger partial charge on any atom is -0.396 e. The molecule has 2 N–H and O–H groups in total. The summed E-state index contributed by atoms with van der Waals surface area (Å²) in [5, 5.41) is 0. The molecule has 0 bridgehead atoms. The molecule has 0 spiro atoms. The van der Waals surface area contributed by atoms with Gasteiger partial charge in [-0.2, -0.15) is 0 Å². The van der Waals surface area contributed by atoms with E-state index in [1.54, 1.807) is 6.07 Å². The Labute approximate surface area is 101 Å². The smallest absolute Gasteiger partial charge is 0.146 e. The predicted molar refractivity (Wildman–Crippen MR) is 70.3 cm³/mol. The number of hydrogen-bond acceptors (Lipinski definition) is 1. The van der Waals surface area contributed by atoms with E-state index in [0.29, 0.717) is 5.92 Å². The summed E-state index contributed by atoms with van der Waals surface area (Å²) >= 11 is 0. The summed E-state index contributed by atoms with van der Waals surface area (Å²) in [6.07, 6.45) is 0. The highest BCUT2D eigenvalue weighted by atomic mass is 19.1. The first-order valence-electron chi connectivity index (χ1n) is 5.73. The predicted octanol–water partition coefficient (Wildman–Crippen LogP) is 4.20. The van der Waals surface area contributed by atoms with E-state index < -0.39 is 0 Å². The second-order valence-corrected chi connectivity index (χ2v) is 4.52. The Hall–Kier alpha value is -1.83. The second kappa shape index (κ2) is 4.58. The third-order valence-corrected chi connectivity index (χ3v) is 2.89. The Bertz CT molecular complexity index is 532. The topological polar surface area (TPSA) is 26.0 Å². The molecule has 0 saturated heterocycles. The van der Waals surface area contributed by atoms with Crippen LogP contribution in [0.1, 0.15) is 25.3 Å². The molecule has 0 aromatic heterocycles. The fraction of sp³-hybridized carbons (Fsp3) is 0.200. The summed E-state index contributed by atoms with van der Waals surface area (Å²) in [7, 11) is 0. The normalized spacial score (nSPS) is 10.8. The van der Waals surface area contributed by atoms with E-state index in [1.165, 1.54) is 11.6 Å². The zero-order valence-electron chi connectivity index (χ0n) is 10.1. The van der Waals surface area contributed by atoms with Crippen LogP contribution in [0.15, 0.2) is 42.5 Å². The lowest BCUT2D eigenvalue weighted by atomic mass is 9.97. The van der Waals surface area contributed by atoms with Crippen molar-refractivity contribution in [2.45, 2.75) is 19.8 Å². The van der Waals surface area contributed by atoms with Gasteiger partial charge in [0.15, 0.2) is 0 Å². The van der Waals surface area contributed by atoms with Crippen LogP contribution in [0.5, 0.6) is 0 Å². The van der Waals surface area contributed by atoms with Gasteiger partial charge in [-0.15, -0.1) is 0 Å². The summed E-state index contributed by atoms with van der Waals surface area (Å²) in [4.78, 5) is 0. The molecule has 1 nitrogen and oxygen atoms in total. The Morgan fingerprint density at radius 2 is 1.71 bits per heavy atom. The van der Waals surface area contributed by atoms with Gasteiger partial charge in [0.2, 0.25) is 0 Å². The van der Waals surface area contributed by atoms with E-state index in [-0.39, 0.29) is 11.5 Å². The highest BCUT2D eigenvalue weighted by molar-refractivity contribution is 5.66. The number of anilines is 1. The number of nitrogen functional groups attached to an aromatic ring is 1. The molecule has 0 amide bonds. The van der Waals surface area contributed by atoms with Crippen LogP contribution in [-0.2, 0) is 0 Å². The van der Waals surface area contributed by atoms with Crippen LogP contribution in [0, 0.1) is 5.82 Å². The lowest BCUT2D eigenvalue weighted by molar-refractivity contribution is 0.633. The zero-order chi connectivity index (χ0) is 12.4. The summed E-state index contributed by atoms with van der Waals surface area (Å²) in [6.45, 7) is 4.28. The molecule has 0 aliphatic heterocycles. The van der Waals surface area contributed by atoms with Gasteiger partial charge < -0.3 is 5.73 Å². The molecule has 0 radical (unpaired) electrons. The molecule has 0 atom stereocenters. The Morgan fingerprint density at radius 3 is 2.35 bits per heavy atom. The van der Waals surface area contributed by atoms with Crippen LogP contribution < -0.4 is 5.73 Å². The van der Waals surface area contributed by atoms with Crippen molar-refractivity contribution in [3.63, 3.8) is 0 Å². The summed E-state index contributed by atoms with van der Waals surface area (Å²) in [5.41, 5.74) is 8.79. The van der Waals surface area contributed by atoms with Crippen LogP contribution in [0.4, 0.5) is 10.1 Å². The van der Waals surface area contributed by atoms with E-state index in [4.69, 9.17) is 5.73 Å². The van der Waals surface area contributed by atoms with E-state index in [1.807, 2.05) is 18.2 Å². The molecule has 0 aliphatic rings. The van der Waals surface area contributed by atoms with Gasteiger partial charge in [0, 0.05) is 0 Å². The van der Waals surface area contributed by atoms with Crippen molar-refractivity contribution in [1.82, 2.24) is 0 Å². The summed E-state index contributed by atoms with van der Waals surface area (Å²) < 4.78 is 13.4. The Balaban J connectivity index is 2.45. The molecular formula is C15H16FN. The van der Waals surface area contributed by atoms with Crippen LogP contribution in [0.3, 0.4) is 0 Å². The average Bonchev–Trinajstić information content (AvgIpc) is 2.33. The van der Waals surface area contributed by atoms with Crippen LogP contribution in [0.2, 0.25) is 0 Å². The highest BCUT2D eigenvalue weighted by Gasteiger charge is 2.04. The van der Waals surface area contributed by atoms with Gasteiger partial charge in [-0.3, -0.25) is 0 Å². The van der Waals surface area contributed by atoms with Crippen LogP contribution >= 0.6 is 0 Å². The maximum Gasteiger partial charge on any atom is 0.146 e. The molecule has 0 unspecified atom stereocenters. The molecule has 2 rings (SSSR count). The monoisotopic (exact) mass is 229 g/mol. The first-order valence-corrected chi connectivity index (χ1v) is 5.73. The van der Waals surface area contributed by atoms with Crippen LogP contribution in [0.25, 0.3) is 11.1 Å². The molecule has 88 valence electrons. The first kappa shape index (κ1) is 11.6. The molecule has 2 aromatic carbocycles. The molecular weight excluding hydrogens is 213 g/mol. The van der Waals surface area contributed by atoms with Gasteiger partial charge in [-0.05, 0) is 34.7 Å². The minimum absolute atomic E-state index is 0.189. The maximum absolute atomic E-state index is 13.4. The lowest BCUT2D eigenvalue weighted by Gasteiger charge is -2.09. The number of halogens is 1. The summed E-state index contributed by atoms with van der Waals surface area (Å²) in [6, 6.07) is 13.1. The van der Waals surface area contributed by atoms with Gasteiger partial charge in [-0.1, -0.05) is 44.2 Å². The van der Waals surface area contributed by atoms with Crippen LogP contribution in [-0.4, -0.2) is 0 Å². The van der Waals surface area contributed by atoms with E-state index in [2.05, 4.69) is 26.0 Å². The van der Waals surface area contributed by atoms with Crippen molar-refractivity contribution in [2.75, 3.05) is 5.73 Å². The molecule has 0 heterocycles. The van der Waals surface area contributed by atoms with E-state index in [0.717, 1.165) is 11.1 Å². The largest absolute Gasteiger partial charge is 0.396 e. The van der Waals surface area contributed by atoms with Gasteiger partial charge in [0.25, 0.3) is 0 Å². The fourth-order valence-electron chi connectivity index (χ4n) is 1.78. The van der Waals surface area contributed by atoms with Crippen molar-refractivity contribution in [3.05, 3.63) is 53.8 Å². The van der Waals surface area contributed by atoms with Crippen molar-refractivity contribution >= 4 is 5.69 Å². The SMILES string of the molecule is CC(C)c1cccc(-c2ccc(N)c(F)c2)c1. The first-order chi connectivity index (χ1) is 8.08. The van der Waals surface area contributed by atoms with Gasteiger partial charge in [0.1, 0.15) is 5.82 Å². The number of nitrogens with two attached hydrogens (primary N) is 1. The molecule has 17 heavy (non-hydrogen) atoms.